The molecule has 5 heterocycles. The number of ether oxygens (including phenoxy) is 2. The van der Waals surface area contributed by atoms with Gasteiger partial charge in [0.2, 0.25) is 0 Å². The van der Waals surface area contributed by atoms with Crippen molar-refractivity contribution in [3.63, 3.8) is 0 Å². The molecule has 2 aromatic carbocycles. The Kier molecular flexibility index (Phi) is 9.04. The van der Waals surface area contributed by atoms with Crippen molar-refractivity contribution in [2.45, 2.75) is 134 Å². The van der Waals surface area contributed by atoms with E-state index >= 15 is 0 Å². The number of aromatic amines is 1. The van der Waals surface area contributed by atoms with Gasteiger partial charge in [0.1, 0.15) is 17.0 Å². The predicted octanol–water partition coefficient (Wildman–Crippen LogP) is 10.1. The highest BCUT2D eigenvalue weighted by Crippen LogP contribution is 2.54. The van der Waals surface area contributed by atoms with E-state index < -0.39 is 11.2 Å². The third kappa shape index (κ3) is 6.87. The van der Waals surface area contributed by atoms with Crippen LogP contribution in [0.2, 0.25) is 0 Å². The van der Waals surface area contributed by atoms with E-state index in [0.29, 0.717) is 24.9 Å². The minimum Gasteiger partial charge on any atom is -0.444 e. The van der Waals surface area contributed by atoms with Gasteiger partial charge in [-0.2, -0.15) is 0 Å². The Morgan fingerprint density at radius 1 is 0.696 bits per heavy atom. The van der Waals surface area contributed by atoms with Crippen molar-refractivity contribution >= 4 is 34.5 Å². The summed E-state index contributed by atoms with van der Waals surface area (Å²) in [5.74, 6) is 1.72. The van der Waals surface area contributed by atoms with Crippen LogP contribution in [0.1, 0.15) is 140 Å². The summed E-state index contributed by atoms with van der Waals surface area (Å²) in [5, 5.41) is 9.97. The van der Waals surface area contributed by atoms with Gasteiger partial charge in [0.25, 0.3) is 0 Å². The van der Waals surface area contributed by atoms with Crippen LogP contribution in [0.5, 0.6) is 0 Å². The number of benzene rings is 2. The van der Waals surface area contributed by atoms with Gasteiger partial charge >= 0.3 is 12.2 Å². The molecule has 10 rings (SSSR count). The molecule has 3 aliphatic heterocycles. The number of nitrogens with zero attached hydrogens (tertiary/aromatic N) is 6. The van der Waals surface area contributed by atoms with E-state index in [1.165, 1.54) is 36.8 Å². The second kappa shape index (κ2) is 13.8. The fourth-order valence-electron chi connectivity index (χ4n) is 9.63. The standard InChI is InChI=1S/C45H53N7O4/c1-44(2,3)55-42(53)51-21-7-9-35(51)34-24-31(25-46-34)26-11-17-29(18-12-26)39-37-27-13-15-28(16-14-27)38(37)40(50-49-39)30-19-20-32-33(23-30)48-41(47-32)36-10-8-22-52(36)43(54)56-45(4,5)6/h11-12,17-20,23,25,27-28,35-36H,7-10,13-16,21-22,24H2,1-6H3,(H,47,48)/t27?,28?,35-,36-/m0/s1. The van der Waals surface area contributed by atoms with Crippen molar-refractivity contribution in [2.75, 3.05) is 13.1 Å². The number of allylic oxidation sites excluding steroid dienone is 1. The van der Waals surface area contributed by atoms with Crippen LogP contribution >= 0.6 is 0 Å². The highest BCUT2D eigenvalue weighted by atomic mass is 16.6. The molecule has 56 heavy (non-hydrogen) atoms. The monoisotopic (exact) mass is 755 g/mol. The summed E-state index contributed by atoms with van der Waals surface area (Å²) < 4.78 is 11.4. The van der Waals surface area contributed by atoms with Gasteiger partial charge < -0.3 is 14.5 Å². The number of carbonyl (C=O) groups excluding carboxylic acids is 2. The number of imidazole rings is 1. The van der Waals surface area contributed by atoms with Crippen molar-refractivity contribution < 1.29 is 19.1 Å². The third-order valence-corrected chi connectivity index (χ3v) is 12.1. The Bertz CT molecular complexity index is 2250. The van der Waals surface area contributed by atoms with Gasteiger partial charge in [0, 0.05) is 42.5 Å². The summed E-state index contributed by atoms with van der Waals surface area (Å²) in [4.78, 5) is 43.0. The first-order valence-corrected chi connectivity index (χ1v) is 20.6. The summed E-state index contributed by atoms with van der Waals surface area (Å²) in [6.07, 6.45) is 10.5. The Labute approximate surface area is 329 Å². The second-order valence-corrected chi connectivity index (χ2v) is 18.3. The van der Waals surface area contributed by atoms with Crippen molar-refractivity contribution in [2.24, 2.45) is 4.99 Å². The normalized spacial score (nSPS) is 23.4. The summed E-state index contributed by atoms with van der Waals surface area (Å²) in [7, 11) is 0. The lowest BCUT2D eigenvalue weighted by molar-refractivity contribution is 0.0216. The number of likely N-dealkylation sites (tertiary alicyclic amines) is 2. The molecule has 11 heteroatoms. The number of hydrogen-bond donors (Lipinski definition) is 1. The Balaban J connectivity index is 0.960. The van der Waals surface area contributed by atoms with Crippen LogP contribution < -0.4 is 0 Å². The van der Waals surface area contributed by atoms with Crippen molar-refractivity contribution in [1.82, 2.24) is 30.0 Å². The van der Waals surface area contributed by atoms with Crippen molar-refractivity contribution in [3.8, 4) is 22.5 Å². The first-order valence-electron chi connectivity index (χ1n) is 20.6. The van der Waals surface area contributed by atoms with Crippen LogP contribution in [0.25, 0.3) is 39.1 Å². The molecule has 2 aromatic heterocycles. The fraction of sp³-hybridized carbons (Fsp3) is 0.511. The van der Waals surface area contributed by atoms with Crippen LogP contribution in [0.3, 0.4) is 0 Å². The first kappa shape index (κ1) is 36.6. The van der Waals surface area contributed by atoms with Gasteiger partial charge in [-0.3, -0.25) is 14.8 Å². The van der Waals surface area contributed by atoms with Crippen molar-refractivity contribution in [3.05, 3.63) is 71.2 Å². The molecule has 0 unspecified atom stereocenters. The molecule has 4 aromatic rings. The van der Waals surface area contributed by atoms with Crippen LogP contribution in [-0.4, -0.2) is 78.2 Å². The maximum absolute atomic E-state index is 13.0. The Hall–Kier alpha value is -5.06. The first-order chi connectivity index (χ1) is 26.8. The molecule has 292 valence electrons. The summed E-state index contributed by atoms with van der Waals surface area (Å²) in [6, 6.07) is 14.9. The average Bonchev–Trinajstić information content (AvgIpc) is 3.99. The largest absolute Gasteiger partial charge is 0.444 e. The van der Waals surface area contributed by atoms with E-state index in [1.807, 2.05) is 52.6 Å². The van der Waals surface area contributed by atoms with Crippen LogP contribution in [-0.2, 0) is 9.47 Å². The fourth-order valence-corrected chi connectivity index (χ4v) is 9.63. The van der Waals surface area contributed by atoms with E-state index in [4.69, 9.17) is 29.6 Å². The Morgan fingerprint density at radius 3 is 1.84 bits per heavy atom. The number of fused-ring (bicyclic) bond motifs is 3. The quantitative estimate of drug-likeness (QED) is 0.215. The highest BCUT2D eigenvalue weighted by molar-refractivity contribution is 6.03. The number of amides is 2. The highest BCUT2D eigenvalue weighted by Gasteiger charge is 2.40. The zero-order chi connectivity index (χ0) is 38.9. The van der Waals surface area contributed by atoms with Gasteiger partial charge in [-0.1, -0.05) is 30.3 Å². The van der Waals surface area contributed by atoms with E-state index in [0.717, 1.165) is 88.3 Å². The lowest BCUT2D eigenvalue weighted by Crippen LogP contribution is -2.43. The van der Waals surface area contributed by atoms with Gasteiger partial charge in [-0.05, 0) is 139 Å². The van der Waals surface area contributed by atoms with Gasteiger partial charge in [0.15, 0.2) is 0 Å². The third-order valence-electron chi connectivity index (χ3n) is 12.1. The molecule has 0 radical (unpaired) electrons. The van der Waals surface area contributed by atoms with Crippen LogP contribution in [0.4, 0.5) is 9.59 Å². The van der Waals surface area contributed by atoms with E-state index in [2.05, 4.69) is 47.4 Å². The zero-order valence-electron chi connectivity index (χ0n) is 33.5. The minimum absolute atomic E-state index is 0.0218. The number of nitrogens with one attached hydrogen (secondary N) is 1. The van der Waals surface area contributed by atoms with Crippen LogP contribution in [0, 0.1) is 0 Å². The number of rotatable bonds is 5. The number of hydrogen-bond acceptors (Lipinski definition) is 8. The number of aliphatic imine (C=N–C) groups is 1. The molecular weight excluding hydrogens is 703 g/mol. The van der Waals surface area contributed by atoms with E-state index in [-0.39, 0.29) is 24.3 Å². The molecule has 11 nitrogen and oxygen atoms in total. The summed E-state index contributed by atoms with van der Waals surface area (Å²) in [5.41, 5.74) is 10.9. The number of aromatic nitrogens is 4. The van der Waals surface area contributed by atoms with E-state index in [9.17, 15) is 9.59 Å². The van der Waals surface area contributed by atoms with Crippen LogP contribution in [0.15, 0.2) is 53.7 Å². The zero-order valence-corrected chi connectivity index (χ0v) is 33.5. The Morgan fingerprint density at radius 2 is 1.23 bits per heavy atom. The number of H-pyrrole nitrogens is 1. The SMILES string of the molecule is CC(C)(C)OC(=O)N1CCC[C@H]1C1=NC=C(c2ccc(-c3nnc(-c4ccc5nc([C@@H]6CCCN6C(=O)OC(C)(C)C)[nH]c5c4)c4c3C3CCC4CC3)cc2)C1. The molecule has 2 amide bonds. The van der Waals surface area contributed by atoms with Gasteiger partial charge in [0.05, 0.1) is 34.5 Å². The maximum atomic E-state index is 13.0. The molecule has 2 saturated heterocycles. The minimum atomic E-state index is -0.552. The molecule has 6 aliphatic rings. The lowest BCUT2D eigenvalue weighted by Gasteiger charge is -2.40. The molecule has 2 bridgehead atoms. The number of carbonyl (C=O) groups is 2. The molecule has 2 atom stereocenters. The summed E-state index contributed by atoms with van der Waals surface area (Å²) in [6.45, 7) is 12.8. The molecule has 3 fully saturated rings. The average molecular weight is 756 g/mol. The smallest absolute Gasteiger partial charge is 0.410 e. The van der Waals surface area contributed by atoms with Gasteiger partial charge in [-0.25, -0.2) is 14.6 Å². The predicted molar refractivity (Wildman–Crippen MR) is 217 cm³/mol. The van der Waals surface area contributed by atoms with Gasteiger partial charge in [-0.15, -0.1) is 10.2 Å². The molecule has 1 saturated carbocycles. The summed E-state index contributed by atoms with van der Waals surface area (Å²) >= 11 is 0. The van der Waals surface area contributed by atoms with E-state index in [1.54, 1.807) is 4.90 Å². The molecular formula is C45H53N7O4. The lowest BCUT2D eigenvalue weighted by atomic mass is 9.65. The second-order valence-electron chi connectivity index (χ2n) is 18.3. The molecule has 0 spiro atoms. The maximum Gasteiger partial charge on any atom is 0.410 e. The molecule has 1 N–H and O–H groups in total. The molecule has 3 aliphatic carbocycles. The van der Waals surface area contributed by atoms with Crippen molar-refractivity contribution in [1.29, 1.82) is 0 Å². The topological polar surface area (TPSA) is 126 Å².